The van der Waals surface area contributed by atoms with Gasteiger partial charge in [-0.25, -0.2) is 9.97 Å². The molecule has 2 heterocycles. The molecule has 0 aliphatic heterocycles. The summed E-state index contributed by atoms with van der Waals surface area (Å²) in [6.45, 7) is 1.55. The zero-order chi connectivity index (χ0) is 22.8. The van der Waals surface area contributed by atoms with Crippen LogP contribution < -0.4 is 10.5 Å². The van der Waals surface area contributed by atoms with Crippen LogP contribution in [0.5, 0.6) is 5.75 Å². The van der Waals surface area contributed by atoms with Gasteiger partial charge in [0.1, 0.15) is 18.0 Å². The Bertz CT molecular complexity index is 1310. The number of carbonyl (C=O) groups is 1. The molecule has 7 heteroatoms. The van der Waals surface area contributed by atoms with Gasteiger partial charge in [0.15, 0.2) is 5.82 Å². The number of rotatable bonds is 9. The Morgan fingerprint density at radius 1 is 1.12 bits per heavy atom. The molecule has 0 amide bonds. The highest BCUT2D eigenvalue weighted by molar-refractivity contribution is 5.91. The number of para-hydroxylation sites is 1. The summed E-state index contributed by atoms with van der Waals surface area (Å²) >= 11 is 0. The van der Waals surface area contributed by atoms with Crippen LogP contribution in [0.4, 0.5) is 0 Å². The van der Waals surface area contributed by atoms with Gasteiger partial charge < -0.3 is 20.1 Å². The number of carboxylic acids is 1. The van der Waals surface area contributed by atoms with Gasteiger partial charge in [-0.05, 0) is 42.5 Å². The zero-order valence-corrected chi connectivity index (χ0v) is 18.3. The molecule has 0 bridgehead atoms. The molecule has 1 aliphatic rings. The summed E-state index contributed by atoms with van der Waals surface area (Å²) < 4.78 is 8.20. The molecule has 0 spiro atoms. The first-order valence-electron chi connectivity index (χ1n) is 11.2. The van der Waals surface area contributed by atoms with Gasteiger partial charge in [-0.3, -0.25) is 4.79 Å². The van der Waals surface area contributed by atoms with Crippen LogP contribution in [0.25, 0.3) is 22.3 Å². The third-order valence-corrected chi connectivity index (χ3v) is 5.92. The second kappa shape index (κ2) is 9.03. The average Bonchev–Trinajstić information content (AvgIpc) is 3.56. The van der Waals surface area contributed by atoms with E-state index in [0.29, 0.717) is 29.6 Å². The van der Waals surface area contributed by atoms with E-state index in [9.17, 15) is 9.90 Å². The Balaban J connectivity index is 1.52. The molecule has 2 aromatic carbocycles. The first-order chi connectivity index (χ1) is 16.1. The summed E-state index contributed by atoms with van der Waals surface area (Å²) in [4.78, 5) is 20.9. The molecule has 0 atom stereocenters. The molecule has 1 aliphatic carbocycles. The van der Waals surface area contributed by atoms with Crippen LogP contribution in [0.3, 0.4) is 0 Å². The predicted molar refractivity (Wildman–Crippen MR) is 126 cm³/mol. The van der Waals surface area contributed by atoms with E-state index in [0.717, 1.165) is 34.4 Å². The maximum atomic E-state index is 11.2. The van der Waals surface area contributed by atoms with Gasteiger partial charge in [0.25, 0.3) is 0 Å². The number of aromatic nitrogens is 3. The zero-order valence-electron chi connectivity index (χ0n) is 18.3. The van der Waals surface area contributed by atoms with E-state index < -0.39 is 5.97 Å². The van der Waals surface area contributed by atoms with Gasteiger partial charge in [-0.1, -0.05) is 36.4 Å². The van der Waals surface area contributed by atoms with Gasteiger partial charge in [-0.2, -0.15) is 0 Å². The van der Waals surface area contributed by atoms with E-state index in [1.54, 1.807) is 18.2 Å². The van der Waals surface area contributed by atoms with Crippen LogP contribution in [0.2, 0.25) is 0 Å². The number of carboxylic acid groups (broad SMARTS) is 1. The topological polar surface area (TPSA) is 103 Å². The number of nitrogens with two attached hydrogens (primary N) is 1. The highest BCUT2D eigenvalue weighted by Crippen LogP contribution is 2.33. The summed E-state index contributed by atoms with van der Waals surface area (Å²) in [5.74, 6) is 0.894. The fourth-order valence-electron chi connectivity index (χ4n) is 4.06. The van der Waals surface area contributed by atoms with Crippen LogP contribution in [0, 0.1) is 5.92 Å². The highest BCUT2D eigenvalue weighted by atomic mass is 16.5. The largest absolute Gasteiger partial charge is 0.485 e. The van der Waals surface area contributed by atoms with Crippen molar-refractivity contribution in [1.82, 2.24) is 14.5 Å². The van der Waals surface area contributed by atoms with Crippen molar-refractivity contribution in [2.45, 2.75) is 39.0 Å². The Hall–Kier alpha value is -3.71. The number of hydrogen-bond acceptors (Lipinski definition) is 5. The number of fused-ring (bicyclic) bond motifs is 1. The van der Waals surface area contributed by atoms with E-state index >= 15 is 0 Å². The molecule has 5 rings (SSSR count). The molecule has 2 aromatic heterocycles. The third-order valence-electron chi connectivity index (χ3n) is 5.92. The molecular weight excluding hydrogens is 416 g/mol. The fraction of sp³-hybridized carbons (Fsp3) is 0.269. The molecule has 3 N–H and O–H groups in total. The van der Waals surface area contributed by atoms with Crippen LogP contribution in [0.1, 0.15) is 29.8 Å². The van der Waals surface area contributed by atoms with Gasteiger partial charge in [-0.15, -0.1) is 0 Å². The van der Waals surface area contributed by atoms with E-state index in [2.05, 4.69) is 22.9 Å². The SMILES string of the molecule is NCc1cccc(-c2nc(COc3ccccc3CC(=O)O)nc3c2ccn3CC2CC2)c1. The van der Waals surface area contributed by atoms with E-state index in [4.69, 9.17) is 20.4 Å². The average molecular weight is 443 g/mol. The van der Waals surface area contributed by atoms with Crippen molar-refractivity contribution < 1.29 is 14.6 Å². The molecule has 168 valence electrons. The first kappa shape index (κ1) is 21.2. The van der Waals surface area contributed by atoms with Crippen LogP contribution in [0.15, 0.2) is 60.8 Å². The minimum Gasteiger partial charge on any atom is -0.485 e. The number of benzene rings is 2. The second-order valence-corrected chi connectivity index (χ2v) is 8.51. The molecule has 0 radical (unpaired) electrons. The summed E-state index contributed by atoms with van der Waals surface area (Å²) in [7, 11) is 0. The number of nitrogens with zero attached hydrogens (tertiary/aromatic N) is 3. The van der Waals surface area contributed by atoms with Crippen LogP contribution in [-0.2, 0) is 30.9 Å². The molecule has 0 saturated heterocycles. The molecule has 4 aromatic rings. The normalized spacial score (nSPS) is 13.4. The van der Waals surface area contributed by atoms with Crippen molar-refractivity contribution in [3.05, 3.63) is 77.7 Å². The molecular formula is C26H26N4O3. The number of aliphatic carboxylic acids is 1. The minimum absolute atomic E-state index is 0.0998. The van der Waals surface area contributed by atoms with Gasteiger partial charge in [0.05, 0.1) is 12.1 Å². The van der Waals surface area contributed by atoms with Crippen LogP contribution in [-0.4, -0.2) is 25.6 Å². The molecule has 1 saturated carbocycles. The van der Waals surface area contributed by atoms with Crippen molar-refractivity contribution >= 4 is 17.0 Å². The van der Waals surface area contributed by atoms with Crippen molar-refractivity contribution in [3.63, 3.8) is 0 Å². The highest BCUT2D eigenvalue weighted by Gasteiger charge is 2.23. The maximum absolute atomic E-state index is 11.2. The van der Waals surface area contributed by atoms with Crippen molar-refractivity contribution in [2.75, 3.05) is 0 Å². The molecule has 33 heavy (non-hydrogen) atoms. The number of ether oxygens (including phenoxy) is 1. The summed E-state index contributed by atoms with van der Waals surface area (Å²) in [5.41, 5.74) is 10.3. The van der Waals surface area contributed by atoms with E-state index in [1.807, 2.05) is 24.3 Å². The van der Waals surface area contributed by atoms with Gasteiger partial charge in [0.2, 0.25) is 0 Å². The lowest BCUT2D eigenvalue weighted by Crippen LogP contribution is -2.08. The van der Waals surface area contributed by atoms with E-state index in [-0.39, 0.29) is 13.0 Å². The standard InChI is InChI=1S/C26H26N4O3/c27-14-18-4-3-6-20(12-18)25-21-10-11-30(15-17-8-9-17)26(21)29-23(28-25)16-33-22-7-2-1-5-19(22)13-24(31)32/h1-7,10-12,17H,8-9,13-16,27H2,(H,31,32). The van der Waals surface area contributed by atoms with Crippen molar-refractivity contribution in [1.29, 1.82) is 0 Å². The molecule has 7 nitrogen and oxygen atoms in total. The Morgan fingerprint density at radius 2 is 1.97 bits per heavy atom. The summed E-state index contributed by atoms with van der Waals surface area (Å²) in [6, 6.07) is 17.3. The second-order valence-electron chi connectivity index (χ2n) is 8.51. The lowest BCUT2D eigenvalue weighted by atomic mass is 10.1. The smallest absolute Gasteiger partial charge is 0.307 e. The predicted octanol–water partition coefficient (Wildman–Crippen LogP) is 4.17. The quantitative estimate of drug-likeness (QED) is 0.403. The Kier molecular flexibility index (Phi) is 5.79. The van der Waals surface area contributed by atoms with Crippen LogP contribution >= 0.6 is 0 Å². The first-order valence-corrected chi connectivity index (χ1v) is 11.2. The third kappa shape index (κ3) is 4.73. The lowest BCUT2D eigenvalue weighted by Gasteiger charge is -2.12. The van der Waals surface area contributed by atoms with Crippen molar-refractivity contribution in [2.24, 2.45) is 11.7 Å². The lowest BCUT2D eigenvalue weighted by molar-refractivity contribution is -0.136. The van der Waals surface area contributed by atoms with Gasteiger partial charge in [0, 0.05) is 35.8 Å². The fourth-order valence-corrected chi connectivity index (χ4v) is 4.06. The Morgan fingerprint density at radius 3 is 2.76 bits per heavy atom. The molecule has 0 unspecified atom stereocenters. The van der Waals surface area contributed by atoms with Crippen molar-refractivity contribution in [3.8, 4) is 17.0 Å². The monoisotopic (exact) mass is 442 g/mol. The molecule has 1 fully saturated rings. The Labute approximate surface area is 191 Å². The number of hydrogen-bond donors (Lipinski definition) is 2. The van der Waals surface area contributed by atoms with E-state index in [1.165, 1.54) is 12.8 Å². The van der Waals surface area contributed by atoms with Gasteiger partial charge >= 0.3 is 5.97 Å². The maximum Gasteiger partial charge on any atom is 0.307 e. The summed E-state index contributed by atoms with van der Waals surface area (Å²) in [5, 5.41) is 10.2. The summed E-state index contributed by atoms with van der Waals surface area (Å²) in [6.07, 6.45) is 4.50. The minimum atomic E-state index is -0.899.